The molecule has 1 N–H and O–H groups in total. The van der Waals surface area contributed by atoms with Crippen LogP contribution in [0.15, 0.2) is 54.6 Å². The Balaban J connectivity index is 1.41. The predicted octanol–water partition coefficient (Wildman–Crippen LogP) is 4.18. The number of halogens is 1. The van der Waals surface area contributed by atoms with Gasteiger partial charge in [0.2, 0.25) is 0 Å². The maximum absolute atomic E-state index is 13.0. The van der Waals surface area contributed by atoms with E-state index >= 15 is 0 Å². The van der Waals surface area contributed by atoms with Gasteiger partial charge in [0.1, 0.15) is 5.82 Å². The van der Waals surface area contributed by atoms with Crippen LogP contribution in [-0.2, 0) is 6.42 Å². The zero-order valence-corrected chi connectivity index (χ0v) is 14.4. The highest BCUT2D eigenvalue weighted by Crippen LogP contribution is 2.18. The molecule has 128 valence electrons. The van der Waals surface area contributed by atoms with Crippen LogP contribution in [0.3, 0.4) is 0 Å². The van der Waals surface area contributed by atoms with E-state index in [0.717, 1.165) is 31.6 Å². The fraction of sp³-hybridized carbons (Fsp3) is 0.429. The Morgan fingerprint density at radius 3 is 2.38 bits per heavy atom. The molecule has 2 aromatic rings. The van der Waals surface area contributed by atoms with Crippen LogP contribution < -0.4 is 5.32 Å². The molecule has 0 bridgehead atoms. The van der Waals surface area contributed by atoms with Crippen molar-refractivity contribution in [3.8, 4) is 0 Å². The maximum atomic E-state index is 13.0. The third-order valence-electron chi connectivity index (χ3n) is 5.00. The number of likely N-dealkylation sites (tertiary alicyclic amines) is 1. The van der Waals surface area contributed by atoms with E-state index in [1.54, 1.807) is 12.1 Å². The Hall–Kier alpha value is -1.71. The van der Waals surface area contributed by atoms with Crippen LogP contribution in [0, 0.1) is 5.82 Å². The number of rotatable bonds is 6. The largest absolute Gasteiger partial charge is 0.307 e. The molecule has 0 aliphatic carbocycles. The van der Waals surface area contributed by atoms with Crippen LogP contribution in [0.5, 0.6) is 0 Å². The lowest BCUT2D eigenvalue weighted by Crippen LogP contribution is -2.43. The minimum absolute atomic E-state index is 0.169. The minimum atomic E-state index is -0.169. The van der Waals surface area contributed by atoms with Gasteiger partial charge in [0.05, 0.1) is 0 Å². The first-order valence-electron chi connectivity index (χ1n) is 8.98. The normalized spacial score (nSPS) is 17.8. The molecule has 0 radical (unpaired) electrons. The van der Waals surface area contributed by atoms with Gasteiger partial charge in [0.25, 0.3) is 0 Å². The monoisotopic (exact) mass is 326 g/mol. The molecule has 0 aromatic heterocycles. The van der Waals surface area contributed by atoms with Gasteiger partial charge in [0.15, 0.2) is 0 Å². The Kier molecular flexibility index (Phi) is 6.00. The van der Waals surface area contributed by atoms with Gasteiger partial charge in [-0.2, -0.15) is 0 Å². The van der Waals surface area contributed by atoms with Crippen LogP contribution in [0.25, 0.3) is 0 Å². The molecule has 2 aromatic carbocycles. The number of hydrogen-bond donors (Lipinski definition) is 1. The van der Waals surface area contributed by atoms with Gasteiger partial charge >= 0.3 is 0 Å². The quantitative estimate of drug-likeness (QED) is 0.856. The number of nitrogens with zero attached hydrogens (tertiary/aromatic N) is 1. The van der Waals surface area contributed by atoms with Crippen LogP contribution in [0.1, 0.15) is 36.9 Å². The Morgan fingerprint density at radius 1 is 1.04 bits per heavy atom. The Labute approximate surface area is 144 Å². The number of nitrogens with one attached hydrogen (secondary N) is 1. The smallest absolute Gasteiger partial charge is 0.123 e. The van der Waals surface area contributed by atoms with Gasteiger partial charge in [-0.25, -0.2) is 4.39 Å². The molecule has 1 heterocycles. The van der Waals surface area contributed by atoms with E-state index in [2.05, 4.69) is 47.5 Å². The van der Waals surface area contributed by atoms with Gasteiger partial charge in [-0.3, -0.25) is 0 Å². The lowest BCUT2D eigenvalue weighted by molar-refractivity contribution is 0.194. The summed E-state index contributed by atoms with van der Waals surface area (Å²) < 4.78 is 13.0. The van der Waals surface area contributed by atoms with E-state index in [4.69, 9.17) is 0 Å². The molecule has 0 saturated carbocycles. The van der Waals surface area contributed by atoms with Crippen LogP contribution in [0.4, 0.5) is 4.39 Å². The fourth-order valence-electron chi connectivity index (χ4n) is 3.46. The lowest BCUT2D eigenvalue weighted by Gasteiger charge is -2.34. The van der Waals surface area contributed by atoms with E-state index in [0.29, 0.717) is 6.04 Å². The van der Waals surface area contributed by atoms with Gasteiger partial charge < -0.3 is 10.2 Å². The fourth-order valence-corrected chi connectivity index (χ4v) is 3.46. The summed E-state index contributed by atoms with van der Waals surface area (Å²) in [5.41, 5.74) is 2.57. The first kappa shape index (κ1) is 17.1. The zero-order valence-electron chi connectivity index (χ0n) is 14.4. The van der Waals surface area contributed by atoms with Gasteiger partial charge in [-0.1, -0.05) is 42.5 Å². The maximum Gasteiger partial charge on any atom is 0.123 e. The molecule has 1 aliphatic rings. The second kappa shape index (κ2) is 8.41. The molecule has 1 fully saturated rings. The topological polar surface area (TPSA) is 15.3 Å². The standard InChI is InChI=1S/C21H27FN2/c1-17(19-7-9-20(22)10-8-19)23-21-12-15-24(16-13-21)14-11-18-5-3-2-4-6-18/h2-10,17,21,23H,11-16H2,1H3/t17-/m0/s1. The van der Waals surface area contributed by atoms with Crippen molar-refractivity contribution in [1.82, 2.24) is 10.2 Å². The predicted molar refractivity (Wildman–Crippen MR) is 97.6 cm³/mol. The number of piperidine rings is 1. The molecular formula is C21H27FN2. The lowest BCUT2D eigenvalue weighted by atomic mass is 10.0. The molecule has 3 rings (SSSR count). The average molecular weight is 326 g/mol. The molecule has 3 heteroatoms. The summed E-state index contributed by atoms with van der Waals surface area (Å²) in [6, 6.07) is 18.4. The summed E-state index contributed by atoms with van der Waals surface area (Å²) in [6.07, 6.45) is 3.49. The minimum Gasteiger partial charge on any atom is -0.307 e. The molecule has 1 atom stereocenters. The molecule has 0 amide bonds. The second-order valence-corrected chi connectivity index (χ2v) is 6.79. The van der Waals surface area contributed by atoms with Crippen LogP contribution in [0.2, 0.25) is 0 Å². The molecule has 0 spiro atoms. The van der Waals surface area contributed by atoms with Gasteiger partial charge in [-0.15, -0.1) is 0 Å². The zero-order chi connectivity index (χ0) is 16.8. The highest BCUT2D eigenvalue weighted by atomic mass is 19.1. The highest BCUT2D eigenvalue weighted by molar-refractivity contribution is 5.19. The second-order valence-electron chi connectivity index (χ2n) is 6.79. The van der Waals surface area contributed by atoms with E-state index in [1.807, 2.05) is 12.1 Å². The third-order valence-corrected chi connectivity index (χ3v) is 5.00. The van der Waals surface area contributed by atoms with Crippen molar-refractivity contribution < 1.29 is 4.39 Å². The van der Waals surface area contributed by atoms with E-state index in [1.165, 1.54) is 18.4 Å². The summed E-state index contributed by atoms with van der Waals surface area (Å²) in [7, 11) is 0. The van der Waals surface area contributed by atoms with Crippen molar-refractivity contribution in [3.63, 3.8) is 0 Å². The van der Waals surface area contributed by atoms with Crippen LogP contribution in [-0.4, -0.2) is 30.6 Å². The van der Waals surface area contributed by atoms with E-state index in [9.17, 15) is 4.39 Å². The SMILES string of the molecule is C[C@H](NC1CCN(CCc2ccccc2)CC1)c1ccc(F)cc1. The summed E-state index contributed by atoms with van der Waals surface area (Å²) in [5, 5.41) is 3.70. The van der Waals surface area contributed by atoms with E-state index in [-0.39, 0.29) is 11.9 Å². The van der Waals surface area contributed by atoms with E-state index < -0.39 is 0 Å². The first-order chi connectivity index (χ1) is 11.7. The Morgan fingerprint density at radius 2 is 1.71 bits per heavy atom. The number of hydrogen-bond acceptors (Lipinski definition) is 2. The average Bonchev–Trinajstić information content (AvgIpc) is 2.62. The van der Waals surface area contributed by atoms with Crippen molar-refractivity contribution in [3.05, 3.63) is 71.5 Å². The summed E-state index contributed by atoms with van der Waals surface area (Å²) in [4.78, 5) is 2.56. The molecular weight excluding hydrogens is 299 g/mol. The van der Waals surface area contributed by atoms with Crippen molar-refractivity contribution >= 4 is 0 Å². The molecule has 0 unspecified atom stereocenters. The molecule has 2 nitrogen and oxygen atoms in total. The summed E-state index contributed by atoms with van der Waals surface area (Å²) in [6.45, 7) is 5.61. The van der Waals surface area contributed by atoms with Gasteiger partial charge in [0, 0.05) is 18.6 Å². The van der Waals surface area contributed by atoms with Crippen molar-refractivity contribution in [2.75, 3.05) is 19.6 Å². The third kappa shape index (κ3) is 4.89. The van der Waals surface area contributed by atoms with Crippen molar-refractivity contribution in [1.29, 1.82) is 0 Å². The van der Waals surface area contributed by atoms with Crippen molar-refractivity contribution in [2.24, 2.45) is 0 Å². The molecule has 1 saturated heterocycles. The van der Waals surface area contributed by atoms with Crippen molar-refractivity contribution in [2.45, 2.75) is 38.3 Å². The first-order valence-corrected chi connectivity index (χ1v) is 8.98. The Bertz CT molecular complexity index is 603. The molecule has 1 aliphatic heterocycles. The van der Waals surface area contributed by atoms with Crippen LogP contribution >= 0.6 is 0 Å². The number of benzene rings is 2. The molecule has 24 heavy (non-hydrogen) atoms. The van der Waals surface area contributed by atoms with Gasteiger partial charge in [-0.05, 0) is 62.5 Å². The highest BCUT2D eigenvalue weighted by Gasteiger charge is 2.20. The summed E-state index contributed by atoms with van der Waals surface area (Å²) >= 11 is 0. The summed E-state index contributed by atoms with van der Waals surface area (Å²) in [5.74, 6) is -0.169.